The predicted octanol–water partition coefficient (Wildman–Crippen LogP) is 3.78. The number of nitrogens with two attached hydrogens (primary N) is 1. The van der Waals surface area contributed by atoms with Gasteiger partial charge < -0.3 is 11.1 Å². The van der Waals surface area contributed by atoms with Crippen LogP contribution in [0, 0.1) is 5.92 Å². The van der Waals surface area contributed by atoms with Crippen molar-refractivity contribution < 1.29 is 4.79 Å². The third-order valence-electron chi connectivity index (χ3n) is 3.95. The Balaban J connectivity index is 4.71. The molecule has 0 bridgehead atoms. The van der Waals surface area contributed by atoms with E-state index in [0.29, 0.717) is 11.5 Å². The van der Waals surface area contributed by atoms with Gasteiger partial charge in [0.05, 0.1) is 0 Å². The normalized spacial score (nSPS) is 14.7. The molecular formula is C17H34N2O. The number of rotatable bonds is 10. The van der Waals surface area contributed by atoms with E-state index < -0.39 is 0 Å². The van der Waals surface area contributed by atoms with Gasteiger partial charge in [-0.1, -0.05) is 46.1 Å². The van der Waals surface area contributed by atoms with Crippen LogP contribution in [0.3, 0.4) is 0 Å². The summed E-state index contributed by atoms with van der Waals surface area (Å²) in [7, 11) is 0. The van der Waals surface area contributed by atoms with Crippen LogP contribution in [0.2, 0.25) is 0 Å². The van der Waals surface area contributed by atoms with Crippen molar-refractivity contribution in [2.75, 3.05) is 0 Å². The fourth-order valence-corrected chi connectivity index (χ4v) is 2.66. The van der Waals surface area contributed by atoms with Crippen LogP contribution in [-0.4, -0.2) is 17.5 Å². The third-order valence-corrected chi connectivity index (χ3v) is 3.95. The van der Waals surface area contributed by atoms with Gasteiger partial charge in [0.1, 0.15) is 0 Å². The van der Waals surface area contributed by atoms with Crippen molar-refractivity contribution in [3.63, 3.8) is 0 Å². The monoisotopic (exact) mass is 282 g/mol. The summed E-state index contributed by atoms with van der Waals surface area (Å²) >= 11 is 0. The van der Waals surface area contributed by atoms with Crippen LogP contribution >= 0.6 is 0 Å². The van der Waals surface area contributed by atoms with E-state index in [-0.39, 0.29) is 17.5 Å². The Labute approximate surface area is 125 Å². The second kappa shape index (κ2) is 9.17. The molecule has 0 aliphatic rings. The Hall–Kier alpha value is -0.830. The first-order valence-corrected chi connectivity index (χ1v) is 7.99. The van der Waals surface area contributed by atoms with Crippen molar-refractivity contribution in [3.05, 3.63) is 12.2 Å². The molecule has 0 radical (unpaired) electrons. The lowest BCUT2D eigenvalue weighted by Crippen LogP contribution is -2.52. The lowest BCUT2D eigenvalue weighted by atomic mass is 9.78. The summed E-state index contributed by atoms with van der Waals surface area (Å²) in [6, 6.07) is 0.126. The molecule has 0 aliphatic carbocycles. The zero-order valence-corrected chi connectivity index (χ0v) is 14.1. The molecule has 1 amide bonds. The van der Waals surface area contributed by atoms with Crippen molar-refractivity contribution in [1.82, 2.24) is 5.32 Å². The minimum absolute atomic E-state index is 0.0559. The number of hydrogen-bond acceptors (Lipinski definition) is 2. The van der Waals surface area contributed by atoms with Gasteiger partial charge in [0, 0.05) is 17.2 Å². The van der Waals surface area contributed by atoms with Gasteiger partial charge in [-0.25, -0.2) is 0 Å². The van der Waals surface area contributed by atoms with Crippen LogP contribution in [0.25, 0.3) is 0 Å². The smallest absolute Gasteiger partial charge is 0.246 e. The summed E-state index contributed by atoms with van der Waals surface area (Å²) in [6.45, 7) is 13.9. The quantitative estimate of drug-likeness (QED) is 0.473. The fraction of sp³-hybridized carbons (Fsp3) is 0.824. The Morgan fingerprint density at radius 3 is 2.25 bits per heavy atom. The molecule has 0 fully saturated rings. The summed E-state index contributed by atoms with van der Waals surface area (Å²) in [6.07, 6.45) is 6.90. The Bertz CT molecular complexity index is 305. The lowest BCUT2D eigenvalue weighted by Gasteiger charge is -2.37. The highest BCUT2D eigenvalue weighted by Gasteiger charge is 2.32. The first kappa shape index (κ1) is 19.2. The van der Waals surface area contributed by atoms with Crippen molar-refractivity contribution in [1.29, 1.82) is 0 Å². The lowest BCUT2D eigenvalue weighted by molar-refractivity contribution is -0.118. The van der Waals surface area contributed by atoms with E-state index in [1.807, 2.05) is 0 Å². The second-order valence-electron chi connectivity index (χ2n) is 6.55. The van der Waals surface area contributed by atoms with Crippen LogP contribution in [0.5, 0.6) is 0 Å². The largest absolute Gasteiger partial charge is 0.349 e. The van der Waals surface area contributed by atoms with Crippen molar-refractivity contribution in [2.45, 2.75) is 84.7 Å². The first-order chi connectivity index (χ1) is 9.23. The van der Waals surface area contributed by atoms with E-state index in [2.05, 4.69) is 39.6 Å². The van der Waals surface area contributed by atoms with Gasteiger partial charge in [0.15, 0.2) is 0 Å². The topological polar surface area (TPSA) is 55.1 Å². The number of amides is 1. The van der Waals surface area contributed by atoms with E-state index in [9.17, 15) is 4.79 Å². The molecule has 0 heterocycles. The highest BCUT2D eigenvalue weighted by atomic mass is 16.1. The summed E-state index contributed by atoms with van der Waals surface area (Å²) in [5, 5.41) is 3.10. The molecule has 0 saturated carbocycles. The highest BCUT2D eigenvalue weighted by molar-refractivity contribution is 5.92. The Morgan fingerprint density at radius 1 is 1.25 bits per heavy atom. The first-order valence-electron chi connectivity index (χ1n) is 7.99. The maximum Gasteiger partial charge on any atom is 0.246 e. The van der Waals surface area contributed by atoms with E-state index >= 15 is 0 Å². The SMILES string of the molecule is C=C(C)C(=O)NC(CC)C(CCCCCC)C(C)(C)N. The molecule has 3 nitrogen and oxygen atoms in total. The van der Waals surface area contributed by atoms with Gasteiger partial charge in [-0.3, -0.25) is 4.79 Å². The Morgan fingerprint density at radius 2 is 1.85 bits per heavy atom. The molecule has 0 aromatic carbocycles. The van der Waals surface area contributed by atoms with Crippen LogP contribution in [0.1, 0.15) is 73.1 Å². The van der Waals surface area contributed by atoms with E-state index in [1.165, 1.54) is 25.7 Å². The third kappa shape index (κ3) is 7.09. The van der Waals surface area contributed by atoms with E-state index in [0.717, 1.165) is 12.8 Å². The molecule has 118 valence electrons. The van der Waals surface area contributed by atoms with Crippen LogP contribution in [0.4, 0.5) is 0 Å². The maximum absolute atomic E-state index is 11.9. The summed E-state index contributed by atoms with van der Waals surface area (Å²) in [5.41, 5.74) is 6.62. The molecule has 20 heavy (non-hydrogen) atoms. The summed E-state index contributed by atoms with van der Waals surface area (Å²) in [4.78, 5) is 11.9. The minimum Gasteiger partial charge on any atom is -0.349 e. The molecule has 0 saturated heterocycles. The van der Waals surface area contributed by atoms with E-state index in [4.69, 9.17) is 5.73 Å². The summed E-state index contributed by atoms with van der Waals surface area (Å²) in [5.74, 6) is 0.243. The molecule has 0 rings (SSSR count). The average Bonchev–Trinajstić information content (AvgIpc) is 2.34. The van der Waals surface area contributed by atoms with Gasteiger partial charge >= 0.3 is 0 Å². The van der Waals surface area contributed by atoms with Crippen molar-refractivity contribution in [2.24, 2.45) is 11.7 Å². The molecular weight excluding hydrogens is 248 g/mol. The molecule has 0 aliphatic heterocycles. The van der Waals surface area contributed by atoms with Gasteiger partial charge in [0.2, 0.25) is 5.91 Å². The fourth-order valence-electron chi connectivity index (χ4n) is 2.66. The molecule has 0 spiro atoms. The van der Waals surface area contributed by atoms with Crippen LogP contribution < -0.4 is 11.1 Å². The van der Waals surface area contributed by atoms with Gasteiger partial charge in [-0.2, -0.15) is 0 Å². The molecule has 2 atom stereocenters. The van der Waals surface area contributed by atoms with Gasteiger partial charge in [-0.05, 0) is 39.5 Å². The van der Waals surface area contributed by atoms with Gasteiger partial charge in [0.25, 0.3) is 0 Å². The van der Waals surface area contributed by atoms with Crippen molar-refractivity contribution >= 4 is 5.91 Å². The molecule has 3 heteroatoms. The number of unbranched alkanes of at least 4 members (excludes halogenated alkanes) is 3. The van der Waals surface area contributed by atoms with Crippen LogP contribution in [-0.2, 0) is 4.79 Å². The molecule has 0 aromatic rings. The second-order valence-corrected chi connectivity index (χ2v) is 6.55. The molecule has 3 N–H and O–H groups in total. The number of nitrogens with one attached hydrogen (secondary N) is 1. The zero-order chi connectivity index (χ0) is 15.8. The number of hydrogen-bond donors (Lipinski definition) is 2. The Kier molecular flexibility index (Phi) is 8.79. The predicted molar refractivity (Wildman–Crippen MR) is 87.6 cm³/mol. The highest BCUT2D eigenvalue weighted by Crippen LogP contribution is 2.26. The summed E-state index contributed by atoms with van der Waals surface area (Å²) < 4.78 is 0. The standard InChI is InChI=1S/C17H34N2O/c1-7-9-10-11-12-14(17(5,6)18)15(8-2)19-16(20)13(3)4/h14-15H,3,7-12,18H2,1-2,4-6H3,(H,19,20). The minimum atomic E-state index is -0.282. The average molecular weight is 282 g/mol. The maximum atomic E-state index is 11.9. The van der Waals surface area contributed by atoms with Gasteiger partial charge in [-0.15, -0.1) is 0 Å². The van der Waals surface area contributed by atoms with Crippen LogP contribution in [0.15, 0.2) is 12.2 Å². The molecule has 2 unspecified atom stereocenters. The number of carbonyl (C=O) groups is 1. The molecule has 0 aromatic heterocycles. The van der Waals surface area contributed by atoms with Crippen molar-refractivity contribution in [3.8, 4) is 0 Å². The zero-order valence-electron chi connectivity index (χ0n) is 14.1. The number of carbonyl (C=O) groups excluding carboxylic acids is 1. The van der Waals surface area contributed by atoms with E-state index in [1.54, 1.807) is 6.92 Å².